The predicted octanol–water partition coefficient (Wildman–Crippen LogP) is 3.59. The van der Waals surface area contributed by atoms with Gasteiger partial charge in [0.05, 0.1) is 17.6 Å². The number of nitro benzene ring substituents is 1. The van der Waals surface area contributed by atoms with Gasteiger partial charge in [-0.2, -0.15) is 0 Å². The molecule has 0 spiro atoms. The molecule has 9 nitrogen and oxygen atoms in total. The summed E-state index contributed by atoms with van der Waals surface area (Å²) in [7, 11) is 1.32. The van der Waals surface area contributed by atoms with E-state index in [1.807, 2.05) is 11.8 Å². The van der Waals surface area contributed by atoms with Gasteiger partial charge in [-0.15, -0.1) is 0 Å². The molecule has 1 saturated heterocycles. The summed E-state index contributed by atoms with van der Waals surface area (Å²) >= 11 is 5.91. The monoisotopic (exact) mass is 448 g/mol. The van der Waals surface area contributed by atoms with E-state index < -0.39 is 10.9 Å². The van der Waals surface area contributed by atoms with Crippen LogP contribution in [0.2, 0.25) is 5.02 Å². The van der Waals surface area contributed by atoms with Crippen molar-refractivity contribution in [1.82, 2.24) is 9.88 Å². The number of amides is 1. The second-order valence-corrected chi connectivity index (χ2v) is 7.83. The van der Waals surface area contributed by atoms with E-state index >= 15 is 0 Å². The number of benzene rings is 1. The van der Waals surface area contributed by atoms with E-state index in [2.05, 4.69) is 4.98 Å². The van der Waals surface area contributed by atoms with Crippen molar-refractivity contribution in [3.8, 4) is 0 Å². The molecule has 1 aromatic heterocycles. The van der Waals surface area contributed by atoms with Crippen molar-refractivity contribution in [3.63, 3.8) is 0 Å². The third-order valence-corrected chi connectivity index (χ3v) is 5.67. The fourth-order valence-electron chi connectivity index (χ4n) is 3.96. The molecule has 2 heterocycles. The van der Waals surface area contributed by atoms with Gasteiger partial charge in [0.2, 0.25) is 0 Å². The van der Waals surface area contributed by atoms with Crippen molar-refractivity contribution in [2.24, 2.45) is 0 Å². The first-order valence-electron chi connectivity index (χ1n) is 10.1. The van der Waals surface area contributed by atoms with Gasteiger partial charge < -0.3 is 19.5 Å². The van der Waals surface area contributed by atoms with E-state index in [9.17, 15) is 19.7 Å². The molecule has 2 aromatic rings. The van der Waals surface area contributed by atoms with E-state index in [-0.39, 0.29) is 11.6 Å². The highest BCUT2D eigenvalue weighted by Crippen LogP contribution is 2.32. The first-order chi connectivity index (χ1) is 14.8. The van der Waals surface area contributed by atoms with Crippen molar-refractivity contribution < 1.29 is 19.2 Å². The number of aromatic amines is 1. The van der Waals surface area contributed by atoms with Gasteiger partial charge in [0.1, 0.15) is 11.4 Å². The molecule has 1 fully saturated rings. The normalized spacial score (nSPS) is 13.9. The quantitative estimate of drug-likeness (QED) is 0.411. The zero-order chi connectivity index (χ0) is 22.7. The fraction of sp³-hybridized carbons (Fsp3) is 0.429. The topological polar surface area (TPSA) is 109 Å². The minimum absolute atomic E-state index is 0.0554. The number of hydrogen-bond acceptors (Lipinski definition) is 6. The van der Waals surface area contributed by atoms with Crippen LogP contribution in [0.4, 0.5) is 11.4 Å². The largest absolute Gasteiger partial charge is 0.465 e. The highest BCUT2D eigenvalue weighted by atomic mass is 35.5. The third-order valence-electron chi connectivity index (χ3n) is 5.44. The number of anilines is 1. The Kier molecular flexibility index (Phi) is 6.84. The number of ether oxygens (including phenoxy) is 1. The van der Waals surface area contributed by atoms with Crippen LogP contribution in [0.1, 0.15) is 45.4 Å². The minimum Gasteiger partial charge on any atom is -0.465 e. The van der Waals surface area contributed by atoms with Crippen LogP contribution in [0.25, 0.3) is 0 Å². The number of nitrogens with zero attached hydrogens (tertiary/aromatic N) is 3. The van der Waals surface area contributed by atoms with E-state index in [0.717, 1.165) is 6.42 Å². The molecule has 31 heavy (non-hydrogen) atoms. The lowest BCUT2D eigenvalue weighted by atomic mass is 10.0. The summed E-state index contributed by atoms with van der Waals surface area (Å²) < 4.78 is 4.89. The molecule has 0 bridgehead atoms. The number of piperazine rings is 1. The van der Waals surface area contributed by atoms with E-state index in [1.54, 1.807) is 24.0 Å². The Balaban J connectivity index is 1.80. The maximum absolute atomic E-state index is 13.2. The molecule has 10 heteroatoms. The number of rotatable bonds is 6. The molecule has 1 amide bonds. The first-order valence-corrected chi connectivity index (χ1v) is 10.4. The summed E-state index contributed by atoms with van der Waals surface area (Å²) in [6.07, 6.45) is 1.35. The molecule has 1 aliphatic rings. The maximum atomic E-state index is 13.2. The zero-order valence-corrected chi connectivity index (χ0v) is 18.5. The number of esters is 1. The summed E-state index contributed by atoms with van der Waals surface area (Å²) in [5.74, 6) is -0.650. The number of H-pyrrole nitrogens is 1. The SMILES string of the molecule is CCCc1c(C(=O)N2CCN(c3ccc(Cl)cc3[N+](=O)[O-])CC2)[nH]c(C)c1C(=O)OC. The van der Waals surface area contributed by atoms with Gasteiger partial charge in [-0.25, -0.2) is 4.79 Å². The number of carbonyl (C=O) groups excluding carboxylic acids is 2. The number of aromatic nitrogens is 1. The Morgan fingerprint density at radius 2 is 1.94 bits per heavy atom. The van der Waals surface area contributed by atoms with Crippen molar-refractivity contribution >= 4 is 34.9 Å². The third kappa shape index (κ3) is 4.51. The van der Waals surface area contributed by atoms with Gasteiger partial charge in [-0.05, 0) is 31.0 Å². The van der Waals surface area contributed by atoms with Crippen LogP contribution in [0, 0.1) is 17.0 Å². The second-order valence-electron chi connectivity index (χ2n) is 7.39. The first kappa shape index (κ1) is 22.6. The van der Waals surface area contributed by atoms with Crippen LogP contribution in [0.5, 0.6) is 0 Å². The molecule has 0 radical (unpaired) electrons. The Labute approximate surface area is 185 Å². The van der Waals surface area contributed by atoms with E-state index in [1.165, 1.54) is 13.2 Å². The van der Waals surface area contributed by atoms with Gasteiger partial charge in [0.15, 0.2) is 0 Å². The molecule has 3 rings (SSSR count). The lowest BCUT2D eigenvalue weighted by Gasteiger charge is -2.35. The van der Waals surface area contributed by atoms with Crippen molar-refractivity contribution in [2.45, 2.75) is 26.7 Å². The average molecular weight is 449 g/mol. The Morgan fingerprint density at radius 1 is 1.26 bits per heavy atom. The fourth-order valence-corrected chi connectivity index (χ4v) is 4.12. The van der Waals surface area contributed by atoms with Crippen LogP contribution in [-0.4, -0.2) is 60.0 Å². The van der Waals surface area contributed by atoms with Gasteiger partial charge in [-0.1, -0.05) is 24.9 Å². The molecule has 0 atom stereocenters. The lowest BCUT2D eigenvalue weighted by molar-refractivity contribution is -0.384. The second kappa shape index (κ2) is 9.38. The standard InChI is InChI=1S/C21H25ClN4O5/c1-4-5-15-18(21(28)31-3)13(2)23-19(15)20(27)25-10-8-24(9-11-25)16-7-6-14(22)12-17(16)26(29)30/h6-7,12,23H,4-5,8-11H2,1-3H3. The van der Waals surface area contributed by atoms with Crippen LogP contribution < -0.4 is 4.90 Å². The lowest BCUT2D eigenvalue weighted by Crippen LogP contribution is -2.49. The van der Waals surface area contributed by atoms with Gasteiger partial charge in [0.25, 0.3) is 11.6 Å². The molecular weight excluding hydrogens is 424 g/mol. The van der Waals surface area contributed by atoms with Gasteiger partial charge in [-0.3, -0.25) is 14.9 Å². The molecule has 166 valence electrons. The number of halogens is 1. The van der Waals surface area contributed by atoms with Crippen molar-refractivity contribution in [2.75, 3.05) is 38.2 Å². The highest BCUT2D eigenvalue weighted by molar-refractivity contribution is 6.30. The summed E-state index contributed by atoms with van der Waals surface area (Å²) in [5, 5.41) is 11.7. The molecule has 0 unspecified atom stereocenters. The summed E-state index contributed by atoms with van der Waals surface area (Å²) in [5.41, 5.74) is 2.53. The number of methoxy groups -OCH3 is 1. The maximum Gasteiger partial charge on any atom is 0.339 e. The van der Waals surface area contributed by atoms with Gasteiger partial charge >= 0.3 is 5.97 Å². The molecule has 0 aliphatic carbocycles. The van der Waals surface area contributed by atoms with Crippen LogP contribution in [-0.2, 0) is 11.2 Å². The van der Waals surface area contributed by atoms with E-state index in [0.29, 0.717) is 65.8 Å². The molecule has 1 aromatic carbocycles. The van der Waals surface area contributed by atoms with Crippen LogP contribution in [0.3, 0.4) is 0 Å². The van der Waals surface area contributed by atoms with Crippen molar-refractivity contribution in [3.05, 3.63) is 55.9 Å². The number of nitrogens with one attached hydrogen (secondary N) is 1. The molecule has 0 saturated carbocycles. The Bertz CT molecular complexity index is 1010. The summed E-state index contributed by atoms with van der Waals surface area (Å²) in [4.78, 5) is 43.0. The Morgan fingerprint density at radius 3 is 2.52 bits per heavy atom. The molecular formula is C21H25ClN4O5. The van der Waals surface area contributed by atoms with E-state index in [4.69, 9.17) is 16.3 Å². The average Bonchev–Trinajstić information content (AvgIpc) is 3.09. The van der Waals surface area contributed by atoms with Crippen LogP contribution >= 0.6 is 11.6 Å². The minimum atomic E-state index is -0.462. The summed E-state index contributed by atoms with van der Waals surface area (Å²) in [6, 6.07) is 4.59. The number of nitro groups is 1. The molecule has 1 N–H and O–H groups in total. The number of carbonyl (C=O) groups is 2. The Hall–Kier alpha value is -3.07. The number of aryl methyl sites for hydroxylation is 1. The van der Waals surface area contributed by atoms with Gasteiger partial charge in [0, 0.05) is 43.0 Å². The highest BCUT2D eigenvalue weighted by Gasteiger charge is 2.30. The smallest absolute Gasteiger partial charge is 0.339 e. The predicted molar refractivity (Wildman–Crippen MR) is 117 cm³/mol. The molecule has 1 aliphatic heterocycles. The zero-order valence-electron chi connectivity index (χ0n) is 17.7. The van der Waals surface area contributed by atoms with Crippen LogP contribution in [0.15, 0.2) is 18.2 Å². The van der Waals surface area contributed by atoms with Crippen molar-refractivity contribution in [1.29, 1.82) is 0 Å². The number of hydrogen-bond donors (Lipinski definition) is 1. The summed E-state index contributed by atoms with van der Waals surface area (Å²) in [6.45, 7) is 5.42.